The summed E-state index contributed by atoms with van der Waals surface area (Å²) in [5.74, 6) is -2.01. The number of carbonyl (C=O) groups is 3. The monoisotopic (exact) mass is 606 g/mol. The van der Waals surface area contributed by atoms with Gasteiger partial charge in [0.1, 0.15) is 6.04 Å². The lowest BCUT2D eigenvalue weighted by Gasteiger charge is -2.26. The van der Waals surface area contributed by atoms with Crippen molar-refractivity contribution in [2.24, 2.45) is 17.2 Å². The van der Waals surface area contributed by atoms with Gasteiger partial charge in [0, 0.05) is 39.0 Å². The standard InChI is InChI=1S/C28H38BF3N6O5/c1-27(2)20-16-19(7-8-21(20)29-43-27)38(42)26(41)23(15-17-3-5-18(6-4-17)28(30,31)32)36-25(40)22(35)9-10-24(39)37(13-11-33)14-12-34/h3-8,16,22-23,29,42H,9-15,33-35H2,1-2H3,(H,36,40)/t22-,23+/m0/s1. The normalized spacial score (nSPS) is 15.2. The lowest BCUT2D eigenvalue weighted by Crippen LogP contribution is -2.53. The molecule has 0 saturated carbocycles. The number of halogens is 3. The molecular weight excluding hydrogens is 568 g/mol. The molecule has 15 heteroatoms. The van der Waals surface area contributed by atoms with Crippen molar-refractivity contribution in [1.82, 2.24) is 10.2 Å². The van der Waals surface area contributed by atoms with E-state index in [-0.39, 0.29) is 43.9 Å². The molecule has 3 amide bonds. The second-order valence-electron chi connectivity index (χ2n) is 10.9. The number of hydroxylamine groups is 1. The molecule has 2 aromatic carbocycles. The van der Waals surface area contributed by atoms with Crippen LogP contribution in [-0.2, 0) is 37.2 Å². The van der Waals surface area contributed by atoms with Gasteiger partial charge in [0.2, 0.25) is 11.8 Å². The van der Waals surface area contributed by atoms with Crippen LogP contribution in [0.25, 0.3) is 0 Å². The Morgan fingerprint density at radius 3 is 2.28 bits per heavy atom. The van der Waals surface area contributed by atoms with Gasteiger partial charge in [-0.05, 0) is 61.1 Å². The first-order valence-corrected chi connectivity index (χ1v) is 13.9. The van der Waals surface area contributed by atoms with Crippen LogP contribution in [0.5, 0.6) is 0 Å². The maximum atomic E-state index is 13.5. The number of hydrogen-bond donors (Lipinski definition) is 5. The molecule has 0 unspecified atom stereocenters. The van der Waals surface area contributed by atoms with Crippen molar-refractivity contribution in [3.63, 3.8) is 0 Å². The van der Waals surface area contributed by atoms with E-state index < -0.39 is 41.2 Å². The molecule has 1 aliphatic heterocycles. The summed E-state index contributed by atoms with van der Waals surface area (Å²) in [7, 11) is 0.366. The first-order chi connectivity index (χ1) is 20.2. The Hall–Kier alpha value is -3.50. The number of fused-ring (bicyclic) bond motifs is 1. The second-order valence-corrected chi connectivity index (χ2v) is 10.9. The summed E-state index contributed by atoms with van der Waals surface area (Å²) < 4.78 is 44.9. The van der Waals surface area contributed by atoms with Gasteiger partial charge in [-0.15, -0.1) is 0 Å². The van der Waals surface area contributed by atoms with Gasteiger partial charge in [-0.2, -0.15) is 18.2 Å². The number of anilines is 1. The lowest BCUT2D eigenvalue weighted by atomic mass is 9.84. The minimum Gasteiger partial charge on any atom is -0.426 e. The predicted molar refractivity (Wildman–Crippen MR) is 156 cm³/mol. The van der Waals surface area contributed by atoms with Crippen LogP contribution in [0.1, 0.15) is 43.4 Å². The number of amides is 3. The summed E-state index contributed by atoms with van der Waals surface area (Å²) in [4.78, 5) is 40.6. The first kappa shape index (κ1) is 34.0. The van der Waals surface area contributed by atoms with E-state index in [9.17, 15) is 32.8 Å². The number of alkyl halides is 3. The maximum Gasteiger partial charge on any atom is 0.416 e. The summed E-state index contributed by atoms with van der Waals surface area (Å²) in [5, 5.41) is 13.8. The largest absolute Gasteiger partial charge is 0.426 e. The van der Waals surface area contributed by atoms with E-state index in [0.29, 0.717) is 31.2 Å². The molecule has 0 bridgehead atoms. The van der Waals surface area contributed by atoms with Gasteiger partial charge in [-0.3, -0.25) is 19.6 Å². The van der Waals surface area contributed by atoms with Crippen LogP contribution in [0.15, 0.2) is 42.5 Å². The summed E-state index contributed by atoms with van der Waals surface area (Å²) in [6.07, 6.45) is -4.93. The topological polar surface area (TPSA) is 177 Å². The number of benzene rings is 2. The number of carbonyl (C=O) groups excluding carboxylic acids is 3. The molecule has 43 heavy (non-hydrogen) atoms. The van der Waals surface area contributed by atoms with Gasteiger partial charge in [-0.25, -0.2) is 0 Å². The molecule has 0 radical (unpaired) electrons. The predicted octanol–water partition coefficient (Wildman–Crippen LogP) is 0.251. The van der Waals surface area contributed by atoms with Gasteiger partial charge in [0.15, 0.2) is 0 Å². The summed E-state index contributed by atoms with van der Waals surface area (Å²) in [6, 6.07) is 6.34. The van der Waals surface area contributed by atoms with Crippen molar-refractivity contribution in [2.45, 2.75) is 57.0 Å². The highest BCUT2D eigenvalue weighted by atomic mass is 19.4. The molecule has 0 fully saturated rings. The summed E-state index contributed by atoms with van der Waals surface area (Å²) in [5.41, 5.74) is 17.7. The minimum absolute atomic E-state index is 0.0553. The molecule has 2 aromatic rings. The third-order valence-corrected chi connectivity index (χ3v) is 7.28. The Kier molecular flexibility index (Phi) is 11.3. The molecule has 0 aliphatic carbocycles. The average Bonchev–Trinajstić information content (AvgIpc) is 3.27. The number of nitrogens with two attached hydrogens (primary N) is 3. The van der Waals surface area contributed by atoms with Gasteiger partial charge in [-0.1, -0.05) is 18.2 Å². The molecule has 0 saturated heterocycles. The summed E-state index contributed by atoms with van der Waals surface area (Å²) >= 11 is 0. The van der Waals surface area contributed by atoms with Crippen LogP contribution < -0.4 is 33.0 Å². The van der Waals surface area contributed by atoms with Crippen molar-refractivity contribution in [3.05, 3.63) is 59.2 Å². The molecule has 0 aromatic heterocycles. The Labute approximate surface area is 248 Å². The van der Waals surface area contributed by atoms with Gasteiger partial charge in [0.25, 0.3) is 5.91 Å². The SMILES string of the molecule is CC1(C)OBc2ccc(N(O)C(=O)[C@@H](Cc3ccc(C(F)(F)F)cc3)NC(=O)[C@@H](N)CCC(=O)N(CCN)CCN)cc21. The van der Waals surface area contributed by atoms with Crippen LogP contribution in [-0.4, -0.2) is 73.6 Å². The van der Waals surface area contributed by atoms with Crippen LogP contribution in [0.4, 0.5) is 18.9 Å². The first-order valence-electron chi connectivity index (χ1n) is 13.9. The van der Waals surface area contributed by atoms with E-state index >= 15 is 0 Å². The van der Waals surface area contributed by atoms with E-state index in [0.717, 1.165) is 23.2 Å². The zero-order valence-electron chi connectivity index (χ0n) is 24.2. The van der Waals surface area contributed by atoms with Crippen molar-refractivity contribution >= 4 is 36.4 Å². The maximum absolute atomic E-state index is 13.5. The molecular formula is C28H38BF3N6O5. The summed E-state index contributed by atoms with van der Waals surface area (Å²) in [6.45, 7) is 4.74. The van der Waals surface area contributed by atoms with Crippen LogP contribution >= 0.6 is 0 Å². The van der Waals surface area contributed by atoms with Crippen LogP contribution in [0, 0.1) is 0 Å². The minimum atomic E-state index is -4.55. The smallest absolute Gasteiger partial charge is 0.416 e. The Bertz CT molecular complexity index is 1290. The fourth-order valence-electron chi connectivity index (χ4n) is 4.78. The van der Waals surface area contributed by atoms with E-state index in [4.69, 9.17) is 21.9 Å². The molecule has 1 aliphatic rings. The Morgan fingerprint density at radius 2 is 1.70 bits per heavy atom. The number of nitrogens with zero attached hydrogens (tertiary/aromatic N) is 2. The number of nitrogens with one attached hydrogen (secondary N) is 1. The fraction of sp³-hybridized carbons (Fsp3) is 0.464. The Morgan fingerprint density at radius 1 is 1.07 bits per heavy atom. The molecule has 0 spiro atoms. The van der Waals surface area contributed by atoms with E-state index in [1.165, 1.54) is 23.1 Å². The molecule has 11 nitrogen and oxygen atoms in total. The third kappa shape index (κ3) is 8.77. The zero-order valence-corrected chi connectivity index (χ0v) is 24.2. The molecule has 234 valence electrons. The van der Waals surface area contributed by atoms with Crippen molar-refractivity contribution in [1.29, 1.82) is 0 Å². The second kappa shape index (κ2) is 14.3. The highest BCUT2D eigenvalue weighted by Gasteiger charge is 2.34. The van der Waals surface area contributed by atoms with Gasteiger partial charge in [0.05, 0.1) is 22.9 Å². The molecule has 1 heterocycles. The average molecular weight is 606 g/mol. The quantitative estimate of drug-likeness (QED) is 0.122. The molecule has 8 N–H and O–H groups in total. The highest BCUT2D eigenvalue weighted by Crippen LogP contribution is 2.31. The zero-order chi connectivity index (χ0) is 31.9. The van der Waals surface area contributed by atoms with Crippen molar-refractivity contribution in [2.75, 3.05) is 31.2 Å². The molecule has 2 atom stereocenters. The van der Waals surface area contributed by atoms with Crippen molar-refractivity contribution in [3.8, 4) is 0 Å². The van der Waals surface area contributed by atoms with E-state index in [1.54, 1.807) is 12.1 Å². The van der Waals surface area contributed by atoms with Crippen molar-refractivity contribution < 1.29 is 37.4 Å². The molecule has 3 rings (SSSR count). The fourth-order valence-corrected chi connectivity index (χ4v) is 4.78. The lowest BCUT2D eigenvalue weighted by molar-refractivity contribution is -0.137. The van der Waals surface area contributed by atoms with Gasteiger partial charge >= 0.3 is 13.7 Å². The van der Waals surface area contributed by atoms with E-state index in [2.05, 4.69) is 5.32 Å². The van der Waals surface area contributed by atoms with Crippen LogP contribution in [0.3, 0.4) is 0 Å². The van der Waals surface area contributed by atoms with Crippen LogP contribution in [0.2, 0.25) is 0 Å². The third-order valence-electron chi connectivity index (χ3n) is 7.28. The number of rotatable bonds is 13. The highest BCUT2D eigenvalue weighted by molar-refractivity contribution is 6.49. The Balaban J connectivity index is 1.79. The van der Waals surface area contributed by atoms with E-state index in [1.807, 2.05) is 13.8 Å². The number of hydrogen-bond acceptors (Lipinski definition) is 8. The van der Waals surface area contributed by atoms with Gasteiger partial charge < -0.3 is 32.1 Å².